The fourth-order valence-corrected chi connectivity index (χ4v) is 2.55. The number of halogens is 1. The highest BCUT2D eigenvalue weighted by Gasteiger charge is 2.10. The van der Waals surface area contributed by atoms with Crippen LogP contribution in [0.2, 0.25) is 5.02 Å². The molecule has 0 bridgehead atoms. The topological polar surface area (TPSA) is 25.2 Å². The molecule has 1 heterocycles. The highest BCUT2D eigenvalue weighted by molar-refractivity contribution is 6.31. The Bertz CT molecular complexity index is 757. The van der Waals surface area contributed by atoms with Crippen LogP contribution in [0.1, 0.15) is 25.3 Å². The van der Waals surface area contributed by atoms with Crippen LogP contribution in [0.5, 0.6) is 5.88 Å². The molecule has 0 fully saturated rings. The third-order valence-electron chi connectivity index (χ3n) is 3.59. The van der Waals surface area contributed by atoms with Gasteiger partial charge in [0.15, 0.2) is 0 Å². The highest BCUT2D eigenvalue weighted by atomic mass is 35.5. The molecule has 3 rings (SSSR count). The average molecular weight is 286 g/mol. The van der Waals surface area contributed by atoms with E-state index in [9.17, 15) is 5.11 Å². The van der Waals surface area contributed by atoms with Crippen LogP contribution in [-0.2, 0) is 0 Å². The SMILES string of the molecule is CC(C)c1ccc(-n2cc3ccc(Cl)cc3c2O)cc1. The van der Waals surface area contributed by atoms with Crippen molar-refractivity contribution in [3.8, 4) is 11.6 Å². The van der Waals surface area contributed by atoms with E-state index < -0.39 is 0 Å². The van der Waals surface area contributed by atoms with E-state index in [2.05, 4.69) is 26.0 Å². The van der Waals surface area contributed by atoms with Crippen molar-refractivity contribution in [3.05, 3.63) is 59.2 Å². The lowest BCUT2D eigenvalue weighted by Crippen LogP contribution is -1.93. The minimum atomic E-state index is 0.222. The Balaban J connectivity index is 2.12. The van der Waals surface area contributed by atoms with Crippen LogP contribution in [0.3, 0.4) is 0 Å². The summed E-state index contributed by atoms with van der Waals surface area (Å²) in [4.78, 5) is 0. The molecule has 0 aliphatic carbocycles. The van der Waals surface area contributed by atoms with Gasteiger partial charge < -0.3 is 5.11 Å². The van der Waals surface area contributed by atoms with Crippen molar-refractivity contribution in [2.75, 3.05) is 0 Å². The van der Waals surface area contributed by atoms with Crippen LogP contribution in [-0.4, -0.2) is 9.67 Å². The minimum Gasteiger partial charge on any atom is -0.494 e. The molecule has 0 unspecified atom stereocenters. The lowest BCUT2D eigenvalue weighted by Gasteiger charge is -2.08. The molecule has 0 spiro atoms. The van der Waals surface area contributed by atoms with Gasteiger partial charge in [0.25, 0.3) is 0 Å². The second-order valence-electron chi connectivity index (χ2n) is 5.30. The lowest BCUT2D eigenvalue weighted by atomic mass is 10.0. The summed E-state index contributed by atoms with van der Waals surface area (Å²) >= 11 is 5.98. The molecule has 3 aromatic rings. The fourth-order valence-electron chi connectivity index (χ4n) is 2.38. The minimum absolute atomic E-state index is 0.222. The molecule has 0 saturated carbocycles. The standard InChI is InChI=1S/C17H16ClNO/c1-11(2)12-4-7-15(8-5-12)19-10-13-3-6-14(18)9-16(13)17(19)20/h3-11,20H,1-2H3. The maximum Gasteiger partial charge on any atom is 0.203 e. The predicted octanol–water partition coefficient (Wildman–Crippen LogP) is 5.11. The number of nitrogens with zero attached hydrogens (tertiary/aromatic N) is 1. The first kappa shape index (κ1) is 13.1. The van der Waals surface area contributed by atoms with Crippen LogP contribution in [0, 0.1) is 0 Å². The molecule has 0 saturated heterocycles. The first-order chi connectivity index (χ1) is 9.56. The van der Waals surface area contributed by atoms with Crippen LogP contribution in [0.4, 0.5) is 0 Å². The van der Waals surface area contributed by atoms with E-state index in [4.69, 9.17) is 11.6 Å². The molecule has 3 heteroatoms. The van der Waals surface area contributed by atoms with E-state index in [1.807, 2.05) is 30.5 Å². The van der Waals surface area contributed by atoms with Gasteiger partial charge in [-0.2, -0.15) is 0 Å². The molecule has 2 nitrogen and oxygen atoms in total. The number of fused-ring (bicyclic) bond motifs is 1. The maximum atomic E-state index is 10.4. The Morgan fingerprint density at radius 3 is 2.40 bits per heavy atom. The van der Waals surface area contributed by atoms with Crippen LogP contribution < -0.4 is 0 Å². The zero-order chi connectivity index (χ0) is 14.3. The first-order valence-corrected chi connectivity index (χ1v) is 7.04. The largest absolute Gasteiger partial charge is 0.494 e. The number of aromatic hydroxyl groups is 1. The lowest BCUT2D eigenvalue weighted by molar-refractivity contribution is 0.448. The van der Waals surface area contributed by atoms with Crippen molar-refractivity contribution in [2.45, 2.75) is 19.8 Å². The molecule has 1 aromatic heterocycles. The molecule has 0 aliphatic heterocycles. The summed E-state index contributed by atoms with van der Waals surface area (Å²) in [5, 5.41) is 12.7. The summed E-state index contributed by atoms with van der Waals surface area (Å²) in [6, 6.07) is 13.8. The number of rotatable bonds is 2. The van der Waals surface area contributed by atoms with Gasteiger partial charge in [0.2, 0.25) is 5.88 Å². The van der Waals surface area contributed by atoms with E-state index in [1.54, 1.807) is 10.6 Å². The van der Waals surface area contributed by atoms with Crippen LogP contribution >= 0.6 is 11.6 Å². The third-order valence-corrected chi connectivity index (χ3v) is 3.83. The van der Waals surface area contributed by atoms with Gasteiger partial charge in [0.1, 0.15) is 0 Å². The van der Waals surface area contributed by atoms with Gasteiger partial charge in [-0.05, 0) is 35.7 Å². The van der Waals surface area contributed by atoms with Crippen molar-refractivity contribution in [3.63, 3.8) is 0 Å². The van der Waals surface area contributed by atoms with E-state index in [0.29, 0.717) is 10.9 Å². The quantitative estimate of drug-likeness (QED) is 0.695. The molecule has 2 aromatic carbocycles. The second kappa shape index (κ2) is 4.88. The number of benzene rings is 2. The molecule has 20 heavy (non-hydrogen) atoms. The summed E-state index contributed by atoms with van der Waals surface area (Å²) in [6.45, 7) is 4.33. The summed E-state index contributed by atoms with van der Waals surface area (Å²) < 4.78 is 1.78. The molecular weight excluding hydrogens is 270 g/mol. The maximum absolute atomic E-state index is 10.4. The molecule has 0 amide bonds. The van der Waals surface area contributed by atoms with Gasteiger partial charge in [-0.25, -0.2) is 0 Å². The Kier molecular flexibility index (Phi) is 3.19. The van der Waals surface area contributed by atoms with E-state index in [0.717, 1.165) is 16.5 Å². The Morgan fingerprint density at radius 1 is 1.05 bits per heavy atom. The molecule has 0 aliphatic rings. The Labute approximate surface area is 123 Å². The number of aromatic nitrogens is 1. The summed E-state index contributed by atoms with van der Waals surface area (Å²) in [6.07, 6.45) is 1.92. The number of hydrogen-bond donors (Lipinski definition) is 1. The second-order valence-corrected chi connectivity index (χ2v) is 5.74. The fraction of sp³-hybridized carbons (Fsp3) is 0.176. The Morgan fingerprint density at radius 2 is 1.75 bits per heavy atom. The smallest absolute Gasteiger partial charge is 0.203 e. The predicted molar refractivity (Wildman–Crippen MR) is 84.0 cm³/mol. The van der Waals surface area contributed by atoms with Crippen molar-refractivity contribution in [1.29, 1.82) is 0 Å². The normalized spacial score (nSPS) is 11.4. The number of hydrogen-bond acceptors (Lipinski definition) is 1. The van der Waals surface area contributed by atoms with Crippen LogP contribution in [0.15, 0.2) is 48.7 Å². The van der Waals surface area contributed by atoms with E-state index in [-0.39, 0.29) is 5.88 Å². The molecule has 0 radical (unpaired) electrons. The Hall–Kier alpha value is -1.93. The van der Waals surface area contributed by atoms with Crippen molar-refractivity contribution in [2.24, 2.45) is 0 Å². The average Bonchev–Trinajstić information content (AvgIpc) is 2.76. The van der Waals surface area contributed by atoms with Gasteiger partial charge >= 0.3 is 0 Å². The van der Waals surface area contributed by atoms with E-state index in [1.165, 1.54) is 5.56 Å². The molecule has 0 atom stereocenters. The van der Waals surface area contributed by atoms with Crippen LogP contribution in [0.25, 0.3) is 16.5 Å². The first-order valence-electron chi connectivity index (χ1n) is 6.66. The van der Waals surface area contributed by atoms with Gasteiger partial charge in [0.05, 0.1) is 0 Å². The zero-order valence-corrected chi connectivity index (χ0v) is 12.2. The van der Waals surface area contributed by atoms with Gasteiger partial charge in [0, 0.05) is 27.7 Å². The van der Waals surface area contributed by atoms with Gasteiger partial charge in [-0.15, -0.1) is 0 Å². The highest BCUT2D eigenvalue weighted by Crippen LogP contribution is 2.32. The zero-order valence-electron chi connectivity index (χ0n) is 11.5. The summed E-state index contributed by atoms with van der Waals surface area (Å²) in [5.41, 5.74) is 2.23. The molecular formula is C17H16ClNO. The van der Waals surface area contributed by atoms with Gasteiger partial charge in [-0.1, -0.05) is 43.6 Å². The summed E-state index contributed by atoms with van der Waals surface area (Å²) in [7, 11) is 0. The summed E-state index contributed by atoms with van der Waals surface area (Å²) in [5.74, 6) is 0.722. The van der Waals surface area contributed by atoms with Crippen molar-refractivity contribution in [1.82, 2.24) is 4.57 Å². The third kappa shape index (κ3) is 2.16. The van der Waals surface area contributed by atoms with Crippen molar-refractivity contribution >= 4 is 22.4 Å². The molecule has 102 valence electrons. The van der Waals surface area contributed by atoms with E-state index >= 15 is 0 Å². The van der Waals surface area contributed by atoms with Gasteiger partial charge in [-0.3, -0.25) is 4.57 Å². The molecule has 1 N–H and O–H groups in total. The van der Waals surface area contributed by atoms with Crippen molar-refractivity contribution < 1.29 is 5.11 Å². The monoisotopic (exact) mass is 285 g/mol.